The van der Waals surface area contributed by atoms with Gasteiger partial charge in [-0.25, -0.2) is 8.78 Å². The van der Waals surface area contributed by atoms with Gasteiger partial charge in [-0.1, -0.05) is 12.1 Å². The molecule has 1 aliphatic rings. The van der Waals surface area contributed by atoms with Crippen LogP contribution in [0.3, 0.4) is 0 Å². The highest BCUT2D eigenvalue weighted by Gasteiger charge is 2.12. The summed E-state index contributed by atoms with van der Waals surface area (Å²) in [6.07, 6.45) is 0.199. The fourth-order valence-electron chi connectivity index (χ4n) is 1.63. The Bertz CT molecular complexity index is 440. The Balaban J connectivity index is 2.13. The second-order valence-corrected chi connectivity index (χ2v) is 3.69. The lowest BCUT2D eigenvalue weighted by molar-refractivity contribution is -0.114. The fourth-order valence-corrected chi connectivity index (χ4v) is 1.63. The molecule has 2 nitrogen and oxygen atoms in total. The predicted molar refractivity (Wildman–Crippen MR) is 57.3 cm³/mol. The molecule has 0 bridgehead atoms. The summed E-state index contributed by atoms with van der Waals surface area (Å²) in [4.78, 5) is 11.0. The molecule has 0 saturated carbocycles. The first kappa shape index (κ1) is 10.8. The van der Waals surface area contributed by atoms with E-state index in [1.54, 1.807) is 12.1 Å². The summed E-state index contributed by atoms with van der Waals surface area (Å²) in [7, 11) is 0. The van der Waals surface area contributed by atoms with Crippen molar-refractivity contribution in [2.45, 2.75) is 19.3 Å². The molecule has 0 radical (unpaired) electrons. The standard InChI is InChI=1S/C12H11F2NO/c13-12(14)8-2-1-3-9(6-8)15-10-4-5-11(16)7-10/h1-3,6-7,12,15H,4-5H2. The summed E-state index contributed by atoms with van der Waals surface area (Å²) in [6.45, 7) is 0. The smallest absolute Gasteiger partial charge is 0.263 e. The average Bonchev–Trinajstić information content (AvgIpc) is 2.64. The molecule has 0 saturated heterocycles. The molecule has 0 unspecified atom stereocenters. The first-order valence-electron chi connectivity index (χ1n) is 5.04. The normalized spacial score (nSPS) is 15.4. The average molecular weight is 223 g/mol. The van der Waals surface area contributed by atoms with E-state index in [-0.39, 0.29) is 11.3 Å². The zero-order valence-electron chi connectivity index (χ0n) is 8.54. The van der Waals surface area contributed by atoms with E-state index in [2.05, 4.69) is 5.32 Å². The van der Waals surface area contributed by atoms with Gasteiger partial charge in [-0.15, -0.1) is 0 Å². The maximum Gasteiger partial charge on any atom is 0.263 e. The van der Waals surface area contributed by atoms with Gasteiger partial charge in [-0.2, -0.15) is 0 Å². The Morgan fingerprint density at radius 3 is 2.69 bits per heavy atom. The van der Waals surface area contributed by atoms with Gasteiger partial charge >= 0.3 is 0 Å². The van der Waals surface area contributed by atoms with Crippen LogP contribution in [0.2, 0.25) is 0 Å². The fraction of sp³-hybridized carbons (Fsp3) is 0.250. The minimum absolute atomic E-state index is 0.0186. The number of ketones is 1. The Hall–Kier alpha value is -1.71. The summed E-state index contributed by atoms with van der Waals surface area (Å²) in [5.41, 5.74) is 1.37. The number of carbonyl (C=O) groups is 1. The maximum atomic E-state index is 12.4. The highest BCUT2D eigenvalue weighted by atomic mass is 19.3. The maximum absolute atomic E-state index is 12.4. The lowest BCUT2D eigenvalue weighted by Crippen LogP contribution is -1.97. The Morgan fingerprint density at radius 2 is 2.06 bits per heavy atom. The molecule has 0 spiro atoms. The van der Waals surface area contributed by atoms with Crippen molar-refractivity contribution in [3.8, 4) is 0 Å². The monoisotopic (exact) mass is 223 g/mol. The van der Waals surface area contributed by atoms with E-state index >= 15 is 0 Å². The third kappa shape index (κ3) is 2.45. The van der Waals surface area contributed by atoms with Crippen molar-refractivity contribution in [2.24, 2.45) is 0 Å². The minimum atomic E-state index is -2.47. The van der Waals surface area contributed by atoms with Crippen LogP contribution in [-0.4, -0.2) is 5.78 Å². The molecule has 0 fully saturated rings. The van der Waals surface area contributed by atoms with Gasteiger partial charge in [0.05, 0.1) is 0 Å². The molecule has 1 aliphatic carbocycles. The van der Waals surface area contributed by atoms with Gasteiger partial charge < -0.3 is 5.32 Å². The molecule has 0 atom stereocenters. The molecule has 0 heterocycles. The van der Waals surface area contributed by atoms with Crippen LogP contribution in [0.25, 0.3) is 0 Å². The van der Waals surface area contributed by atoms with E-state index in [9.17, 15) is 13.6 Å². The van der Waals surface area contributed by atoms with Crippen LogP contribution in [-0.2, 0) is 4.79 Å². The predicted octanol–water partition coefficient (Wildman–Crippen LogP) is 3.28. The van der Waals surface area contributed by atoms with Crippen molar-refractivity contribution < 1.29 is 13.6 Å². The van der Waals surface area contributed by atoms with Gasteiger partial charge in [-0.05, 0) is 18.6 Å². The van der Waals surface area contributed by atoms with E-state index in [4.69, 9.17) is 0 Å². The van der Waals surface area contributed by atoms with Crippen LogP contribution in [0.5, 0.6) is 0 Å². The largest absolute Gasteiger partial charge is 0.359 e. The SMILES string of the molecule is O=C1C=C(Nc2cccc(C(F)F)c2)CC1. The van der Waals surface area contributed by atoms with Crippen molar-refractivity contribution in [3.05, 3.63) is 41.6 Å². The molecule has 1 aromatic carbocycles. The molecule has 4 heteroatoms. The van der Waals surface area contributed by atoms with Crippen LogP contribution in [0.15, 0.2) is 36.0 Å². The number of nitrogens with one attached hydrogen (secondary N) is 1. The quantitative estimate of drug-likeness (QED) is 0.851. The molecule has 0 aliphatic heterocycles. The number of carbonyl (C=O) groups excluding carboxylic acids is 1. The minimum Gasteiger partial charge on any atom is -0.359 e. The van der Waals surface area contributed by atoms with Crippen LogP contribution < -0.4 is 5.32 Å². The second-order valence-electron chi connectivity index (χ2n) is 3.69. The summed E-state index contributed by atoms with van der Waals surface area (Å²) in [6, 6.07) is 6.05. The van der Waals surface area contributed by atoms with Crippen LogP contribution in [0.1, 0.15) is 24.8 Å². The van der Waals surface area contributed by atoms with Crippen molar-refractivity contribution >= 4 is 11.5 Å². The van der Waals surface area contributed by atoms with Crippen molar-refractivity contribution in [1.82, 2.24) is 0 Å². The van der Waals surface area contributed by atoms with Crippen molar-refractivity contribution in [3.63, 3.8) is 0 Å². The van der Waals surface area contributed by atoms with Crippen LogP contribution in [0.4, 0.5) is 14.5 Å². The van der Waals surface area contributed by atoms with Crippen LogP contribution in [0, 0.1) is 0 Å². The summed E-state index contributed by atoms with van der Waals surface area (Å²) in [5.74, 6) is 0.0764. The molecule has 16 heavy (non-hydrogen) atoms. The van der Waals surface area contributed by atoms with Crippen molar-refractivity contribution in [1.29, 1.82) is 0 Å². The number of halogens is 2. The molecule has 1 aromatic rings. The topological polar surface area (TPSA) is 29.1 Å². The number of hydrogen-bond donors (Lipinski definition) is 1. The lowest BCUT2D eigenvalue weighted by atomic mass is 10.2. The highest BCUT2D eigenvalue weighted by molar-refractivity contribution is 5.93. The van der Waals surface area contributed by atoms with Crippen molar-refractivity contribution in [2.75, 3.05) is 5.32 Å². The summed E-state index contributed by atoms with van der Waals surface area (Å²) < 4.78 is 24.9. The molecule has 0 amide bonds. The molecule has 84 valence electrons. The Kier molecular flexibility index (Phi) is 2.99. The number of benzene rings is 1. The molecular formula is C12H11F2NO. The van der Waals surface area contributed by atoms with E-state index < -0.39 is 6.43 Å². The molecule has 2 rings (SSSR count). The Morgan fingerprint density at radius 1 is 1.25 bits per heavy atom. The number of anilines is 1. The third-order valence-corrected chi connectivity index (χ3v) is 2.42. The second kappa shape index (κ2) is 4.43. The van der Waals surface area contributed by atoms with Gasteiger partial charge in [-0.3, -0.25) is 4.79 Å². The van der Waals surface area contributed by atoms with Gasteiger partial charge in [0, 0.05) is 29.4 Å². The molecule has 0 aromatic heterocycles. The number of hydrogen-bond acceptors (Lipinski definition) is 2. The van der Waals surface area contributed by atoms with E-state index in [1.807, 2.05) is 0 Å². The van der Waals surface area contributed by atoms with E-state index in [1.165, 1.54) is 18.2 Å². The Labute approximate surface area is 92.0 Å². The summed E-state index contributed by atoms with van der Waals surface area (Å²) in [5, 5.41) is 2.97. The molecule has 1 N–H and O–H groups in total. The van der Waals surface area contributed by atoms with Gasteiger partial charge in [0.1, 0.15) is 0 Å². The van der Waals surface area contributed by atoms with Gasteiger partial charge in [0.2, 0.25) is 0 Å². The van der Waals surface area contributed by atoms with Gasteiger partial charge in [0.15, 0.2) is 5.78 Å². The first-order chi connectivity index (χ1) is 7.65. The third-order valence-electron chi connectivity index (χ3n) is 2.42. The zero-order valence-corrected chi connectivity index (χ0v) is 8.54. The number of rotatable bonds is 3. The summed E-state index contributed by atoms with van der Waals surface area (Å²) >= 11 is 0. The van der Waals surface area contributed by atoms with Crippen LogP contribution >= 0.6 is 0 Å². The molecular weight excluding hydrogens is 212 g/mol. The zero-order chi connectivity index (χ0) is 11.5. The van der Waals surface area contributed by atoms with Gasteiger partial charge in [0.25, 0.3) is 6.43 Å². The van der Waals surface area contributed by atoms with E-state index in [0.717, 1.165) is 5.70 Å². The van der Waals surface area contributed by atoms with E-state index in [0.29, 0.717) is 18.5 Å². The lowest BCUT2D eigenvalue weighted by Gasteiger charge is -2.08. The number of allylic oxidation sites excluding steroid dienone is 2. The highest BCUT2D eigenvalue weighted by Crippen LogP contribution is 2.24. The number of alkyl halides is 2. The first-order valence-corrected chi connectivity index (χ1v) is 5.04.